The average Bonchev–Trinajstić information content (AvgIpc) is 2.43. The van der Waals surface area contributed by atoms with Gasteiger partial charge in [0.15, 0.2) is 0 Å². The van der Waals surface area contributed by atoms with E-state index < -0.39 is 11.6 Å². The molecule has 3 heteroatoms. The molecule has 2 aromatic rings. The summed E-state index contributed by atoms with van der Waals surface area (Å²) in [5.41, 5.74) is 2.22. The molecule has 0 amide bonds. The summed E-state index contributed by atoms with van der Waals surface area (Å²) < 4.78 is 26.7. The molecule has 2 aromatic carbocycles. The summed E-state index contributed by atoms with van der Waals surface area (Å²) >= 11 is 0. The Hall–Kier alpha value is -1.10. The van der Waals surface area contributed by atoms with Crippen LogP contribution in [0.3, 0.4) is 0 Å². The van der Waals surface area contributed by atoms with Crippen LogP contribution in [0.2, 0.25) is 0 Å². The number of halogens is 2. The normalized spacial score (nSPS) is 10.2. The van der Waals surface area contributed by atoms with Crippen LogP contribution in [-0.4, -0.2) is 0 Å². The Labute approximate surface area is 131 Å². The Morgan fingerprint density at radius 3 is 2.35 bits per heavy atom. The van der Waals surface area contributed by atoms with Crippen LogP contribution < -0.4 is 18.9 Å². The van der Waals surface area contributed by atoms with Crippen molar-refractivity contribution in [3.63, 3.8) is 0 Å². The quantitative estimate of drug-likeness (QED) is 0.442. The largest absolute Gasteiger partial charge is 1.00 e. The van der Waals surface area contributed by atoms with Gasteiger partial charge in [-0.3, -0.25) is 4.39 Å². The summed E-state index contributed by atoms with van der Waals surface area (Å²) in [6.07, 6.45) is 4.62. The van der Waals surface area contributed by atoms with Gasteiger partial charge in [-0.2, -0.15) is 12.1 Å². The molecule has 2 rings (SSSR count). The van der Waals surface area contributed by atoms with Crippen LogP contribution in [0, 0.1) is 17.7 Å². The van der Waals surface area contributed by atoms with E-state index in [0.29, 0.717) is 5.56 Å². The zero-order chi connectivity index (χ0) is 13.7. The molecule has 0 atom stereocenters. The molecule has 0 heterocycles. The Bertz CT molecular complexity index is 535. The molecule has 0 N–H and O–H groups in total. The van der Waals surface area contributed by atoms with Gasteiger partial charge in [0.25, 0.3) is 0 Å². The van der Waals surface area contributed by atoms with Crippen molar-refractivity contribution in [2.24, 2.45) is 0 Å². The molecule has 0 fully saturated rings. The third kappa shape index (κ3) is 4.20. The monoisotopic (exact) mass is 266 g/mol. The van der Waals surface area contributed by atoms with Crippen molar-refractivity contribution < 1.29 is 27.6 Å². The molecule has 20 heavy (non-hydrogen) atoms. The topological polar surface area (TPSA) is 0 Å². The van der Waals surface area contributed by atoms with Crippen molar-refractivity contribution in [1.82, 2.24) is 0 Å². The van der Waals surface area contributed by atoms with E-state index in [1.54, 1.807) is 6.07 Å². The molecular weight excluding hydrogens is 249 g/mol. The Morgan fingerprint density at radius 2 is 1.70 bits per heavy atom. The summed E-state index contributed by atoms with van der Waals surface area (Å²) in [6, 6.07) is 12.8. The first-order chi connectivity index (χ1) is 9.22. The van der Waals surface area contributed by atoms with E-state index in [1.165, 1.54) is 30.9 Å². The molecule has 100 valence electrons. The van der Waals surface area contributed by atoms with E-state index in [1.807, 2.05) is 24.3 Å². The number of benzene rings is 2. The summed E-state index contributed by atoms with van der Waals surface area (Å²) in [5.74, 6) is -1.76. The standard InChI is InChI=1S/C17H17F2.Li/c1-2-3-4-6-13-9-11-14(12-10-13)15-7-5-8-16(18)17(15)19;/h5,7,9-12H,2-4,6H2,1H3;/q-1;+1. The van der Waals surface area contributed by atoms with E-state index in [2.05, 4.69) is 13.0 Å². The maximum Gasteiger partial charge on any atom is 1.00 e. The molecule has 0 aliphatic heterocycles. The van der Waals surface area contributed by atoms with Crippen LogP contribution in [0.25, 0.3) is 11.1 Å². The van der Waals surface area contributed by atoms with Gasteiger partial charge in [-0.05, 0) is 24.0 Å². The van der Waals surface area contributed by atoms with Crippen molar-refractivity contribution in [3.05, 3.63) is 59.7 Å². The number of hydrogen-bond donors (Lipinski definition) is 0. The minimum atomic E-state index is -0.926. The minimum Gasteiger partial charge on any atom is -0.281 e. The Morgan fingerprint density at radius 1 is 1.00 bits per heavy atom. The van der Waals surface area contributed by atoms with Gasteiger partial charge in [-0.1, -0.05) is 49.6 Å². The SMILES string of the molecule is CCCCCc1ccc(-c2cc[c-]c(F)c2F)cc1.[Li+]. The number of aryl methyl sites for hydroxylation is 1. The molecule has 0 saturated heterocycles. The fourth-order valence-electron chi connectivity index (χ4n) is 2.11. The molecule has 0 bridgehead atoms. The predicted molar refractivity (Wildman–Crippen MR) is 73.9 cm³/mol. The molecule has 0 unspecified atom stereocenters. The molecule has 0 saturated carbocycles. The third-order valence-corrected chi connectivity index (χ3v) is 3.22. The van der Waals surface area contributed by atoms with E-state index in [0.717, 1.165) is 6.42 Å². The molecule has 0 aromatic heterocycles. The van der Waals surface area contributed by atoms with Crippen molar-refractivity contribution in [2.45, 2.75) is 32.6 Å². The first kappa shape index (κ1) is 17.0. The van der Waals surface area contributed by atoms with E-state index in [-0.39, 0.29) is 24.4 Å². The van der Waals surface area contributed by atoms with Crippen LogP contribution >= 0.6 is 0 Å². The first-order valence-corrected chi connectivity index (χ1v) is 6.67. The number of unbranched alkanes of at least 4 members (excludes halogenated alkanes) is 2. The Balaban J connectivity index is 0.00000200. The third-order valence-electron chi connectivity index (χ3n) is 3.22. The zero-order valence-electron chi connectivity index (χ0n) is 12.0. The predicted octanol–water partition coefficient (Wildman–Crippen LogP) is 2.17. The van der Waals surface area contributed by atoms with Gasteiger partial charge < -0.3 is 0 Å². The van der Waals surface area contributed by atoms with Crippen molar-refractivity contribution >= 4 is 0 Å². The van der Waals surface area contributed by atoms with Gasteiger partial charge in [-0.25, -0.2) is 4.39 Å². The van der Waals surface area contributed by atoms with E-state index in [4.69, 9.17) is 0 Å². The summed E-state index contributed by atoms with van der Waals surface area (Å²) in [6.45, 7) is 2.17. The van der Waals surface area contributed by atoms with Gasteiger partial charge in [0, 0.05) is 5.82 Å². The van der Waals surface area contributed by atoms with Crippen molar-refractivity contribution in [1.29, 1.82) is 0 Å². The van der Waals surface area contributed by atoms with Crippen molar-refractivity contribution in [2.75, 3.05) is 0 Å². The van der Waals surface area contributed by atoms with E-state index in [9.17, 15) is 8.78 Å². The second-order valence-electron chi connectivity index (χ2n) is 4.67. The van der Waals surface area contributed by atoms with Crippen LogP contribution in [-0.2, 0) is 6.42 Å². The number of rotatable bonds is 5. The van der Waals surface area contributed by atoms with Crippen LogP contribution in [0.5, 0.6) is 0 Å². The van der Waals surface area contributed by atoms with Gasteiger partial charge in [0.2, 0.25) is 0 Å². The van der Waals surface area contributed by atoms with E-state index >= 15 is 0 Å². The number of hydrogen-bond acceptors (Lipinski definition) is 0. The summed E-state index contributed by atoms with van der Waals surface area (Å²) in [7, 11) is 0. The molecule has 0 nitrogen and oxygen atoms in total. The first-order valence-electron chi connectivity index (χ1n) is 6.67. The maximum atomic E-state index is 13.6. The van der Waals surface area contributed by atoms with Gasteiger partial charge in [0.1, 0.15) is 0 Å². The fraction of sp³-hybridized carbons (Fsp3) is 0.294. The smallest absolute Gasteiger partial charge is 0.281 e. The molecular formula is C17H17F2Li. The molecule has 0 spiro atoms. The fourth-order valence-corrected chi connectivity index (χ4v) is 2.11. The van der Waals surface area contributed by atoms with Gasteiger partial charge in [-0.15, -0.1) is 6.07 Å². The maximum absolute atomic E-state index is 13.6. The van der Waals surface area contributed by atoms with Crippen LogP contribution in [0.4, 0.5) is 8.78 Å². The summed E-state index contributed by atoms with van der Waals surface area (Å²) in [5, 5.41) is 0. The molecule has 0 aliphatic rings. The van der Waals surface area contributed by atoms with Crippen molar-refractivity contribution in [3.8, 4) is 11.1 Å². The summed E-state index contributed by atoms with van der Waals surface area (Å²) in [4.78, 5) is 0. The van der Waals surface area contributed by atoms with Gasteiger partial charge in [0.05, 0.1) is 5.82 Å². The molecule has 0 aliphatic carbocycles. The van der Waals surface area contributed by atoms with Gasteiger partial charge >= 0.3 is 18.9 Å². The second kappa shape index (κ2) is 8.24. The van der Waals surface area contributed by atoms with Crippen LogP contribution in [0.15, 0.2) is 36.4 Å². The average molecular weight is 266 g/mol. The molecule has 0 radical (unpaired) electrons. The second-order valence-corrected chi connectivity index (χ2v) is 4.67. The minimum absolute atomic E-state index is 0. The zero-order valence-corrected chi connectivity index (χ0v) is 12.0. The Kier molecular flexibility index (Phi) is 6.99. The van der Waals surface area contributed by atoms with Crippen LogP contribution in [0.1, 0.15) is 31.7 Å².